The molecule has 1 spiro atoms. The summed E-state index contributed by atoms with van der Waals surface area (Å²) in [4.78, 5) is 4.17. The third-order valence-electron chi connectivity index (χ3n) is 4.43. The fourth-order valence-corrected chi connectivity index (χ4v) is 4.66. The van der Waals surface area contributed by atoms with Gasteiger partial charge < -0.3 is 14.4 Å². The molecule has 0 amide bonds. The number of aliphatic hydroxyl groups is 1. The van der Waals surface area contributed by atoms with Gasteiger partial charge in [0.05, 0.1) is 29.9 Å². The van der Waals surface area contributed by atoms with Crippen molar-refractivity contribution < 1.29 is 9.84 Å². The van der Waals surface area contributed by atoms with E-state index in [4.69, 9.17) is 4.74 Å². The van der Waals surface area contributed by atoms with E-state index in [-0.39, 0.29) is 5.60 Å². The first kappa shape index (κ1) is 13.5. The zero-order valence-corrected chi connectivity index (χ0v) is 12.2. The number of hydrogen-bond acceptors (Lipinski definition) is 4. The van der Waals surface area contributed by atoms with E-state index in [0.717, 1.165) is 43.9 Å². The summed E-state index contributed by atoms with van der Waals surface area (Å²) in [5.41, 5.74) is 0.987. The lowest BCUT2D eigenvalue weighted by Crippen LogP contribution is -2.41. The van der Waals surface area contributed by atoms with Gasteiger partial charge in [-0.3, -0.25) is 0 Å². The minimum Gasteiger partial charge on any atom is -0.387 e. The van der Waals surface area contributed by atoms with Crippen LogP contribution in [-0.2, 0) is 11.3 Å². The Morgan fingerprint density at radius 2 is 2.58 bits per heavy atom. The van der Waals surface area contributed by atoms with Crippen molar-refractivity contribution >= 4 is 11.8 Å². The molecular formula is C14H22N2O2S. The molecular weight excluding hydrogens is 260 g/mol. The second-order valence-electron chi connectivity index (χ2n) is 5.64. The van der Waals surface area contributed by atoms with Crippen LogP contribution in [0.25, 0.3) is 0 Å². The van der Waals surface area contributed by atoms with Crippen molar-refractivity contribution in [2.75, 3.05) is 18.1 Å². The largest absolute Gasteiger partial charge is 0.387 e. The zero-order valence-electron chi connectivity index (χ0n) is 11.4. The van der Waals surface area contributed by atoms with Crippen molar-refractivity contribution in [2.24, 2.45) is 5.92 Å². The van der Waals surface area contributed by atoms with Gasteiger partial charge in [-0.25, -0.2) is 4.98 Å². The monoisotopic (exact) mass is 282 g/mol. The third-order valence-corrected chi connectivity index (χ3v) is 5.66. The highest BCUT2D eigenvalue weighted by Crippen LogP contribution is 2.43. The zero-order chi connectivity index (χ0) is 13.3. The standard InChI is InChI=1S/C14H22N2O2S/c1-2-16-10-15-8-12(16)13(17)11-3-5-18-14(7-11)4-6-19-9-14/h8,10-11,13,17H,2-7,9H2,1H3. The average Bonchev–Trinajstić information content (AvgIpc) is 3.07. The Kier molecular flexibility index (Phi) is 3.87. The van der Waals surface area contributed by atoms with Crippen molar-refractivity contribution in [2.45, 2.75) is 44.4 Å². The number of aliphatic hydroxyl groups excluding tert-OH is 1. The van der Waals surface area contributed by atoms with Crippen molar-refractivity contribution in [1.82, 2.24) is 9.55 Å². The molecule has 106 valence electrons. The highest BCUT2D eigenvalue weighted by molar-refractivity contribution is 7.99. The molecule has 1 aromatic heterocycles. The molecule has 0 aliphatic carbocycles. The molecule has 2 aliphatic heterocycles. The summed E-state index contributed by atoms with van der Waals surface area (Å²) >= 11 is 1.97. The molecule has 0 radical (unpaired) electrons. The lowest BCUT2D eigenvalue weighted by atomic mass is 9.81. The van der Waals surface area contributed by atoms with E-state index in [0.29, 0.717) is 5.92 Å². The lowest BCUT2D eigenvalue weighted by molar-refractivity contribution is -0.103. The van der Waals surface area contributed by atoms with Gasteiger partial charge in [-0.2, -0.15) is 11.8 Å². The Bertz CT molecular complexity index is 429. The van der Waals surface area contributed by atoms with Gasteiger partial charge in [0.2, 0.25) is 0 Å². The SMILES string of the molecule is CCn1cncc1C(O)C1CCOC2(CCSC2)C1. The number of hydrogen-bond donors (Lipinski definition) is 1. The van der Waals surface area contributed by atoms with E-state index in [2.05, 4.69) is 11.9 Å². The second kappa shape index (κ2) is 5.46. The highest BCUT2D eigenvalue weighted by atomic mass is 32.2. The molecule has 0 saturated carbocycles. The Morgan fingerprint density at radius 1 is 1.68 bits per heavy atom. The van der Waals surface area contributed by atoms with Gasteiger partial charge in [0.25, 0.3) is 0 Å². The molecule has 3 atom stereocenters. The fourth-order valence-electron chi connectivity index (χ4n) is 3.28. The molecule has 2 saturated heterocycles. The van der Waals surface area contributed by atoms with Crippen LogP contribution in [0.5, 0.6) is 0 Å². The number of imidazole rings is 1. The molecule has 2 aliphatic rings. The van der Waals surface area contributed by atoms with E-state index in [1.807, 2.05) is 16.3 Å². The first-order valence-corrected chi connectivity index (χ1v) is 8.29. The number of thioether (sulfide) groups is 1. The first-order chi connectivity index (χ1) is 9.24. The van der Waals surface area contributed by atoms with Gasteiger partial charge in [-0.1, -0.05) is 0 Å². The Balaban J connectivity index is 1.74. The highest BCUT2D eigenvalue weighted by Gasteiger charge is 2.42. The minimum atomic E-state index is -0.408. The predicted molar refractivity (Wildman–Crippen MR) is 76.2 cm³/mol. The van der Waals surface area contributed by atoms with Crippen LogP contribution in [0.1, 0.15) is 38.0 Å². The number of nitrogens with zero attached hydrogens (tertiary/aromatic N) is 2. The van der Waals surface area contributed by atoms with E-state index in [1.54, 1.807) is 12.5 Å². The molecule has 3 heterocycles. The Morgan fingerprint density at radius 3 is 3.32 bits per heavy atom. The van der Waals surface area contributed by atoms with Crippen molar-refractivity contribution in [1.29, 1.82) is 0 Å². The van der Waals surface area contributed by atoms with E-state index >= 15 is 0 Å². The van der Waals surface area contributed by atoms with Crippen LogP contribution in [0.2, 0.25) is 0 Å². The molecule has 5 heteroatoms. The smallest absolute Gasteiger partial charge is 0.0985 e. The van der Waals surface area contributed by atoms with Crippen molar-refractivity contribution in [3.63, 3.8) is 0 Å². The summed E-state index contributed by atoms with van der Waals surface area (Å²) < 4.78 is 8.06. The average molecular weight is 282 g/mol. The summed E-state index contributed by atoms with van der Waals surface area (Å²) in [5, 5.41) is 10.7. The maximum Gasteiger partial charge on any atom is 0.0985 e. The Hall–Kier alpha value is -0.520. The van der Waals surface area contributed by atoms with Crippen LogP contribution < -0.4 is 0 Å². The van der Waals surface area contributed by atoms with Gasteiger partial charge >= 0.3 is 0 Å². The summed E-state index contributed by atoms with van der Waals surface area (Å²) in [7, 11) is 0. The van der Waals surface area contributed by atoms with Gasteiger partial charge in [0.15, 0.2) is 0 Å². The molecule has 2 fully saturated rings. The molecule has 1 aromatic rings. The molecule has 4 nitrogen and oxygen atoms in total. The number of aryl methyl sites for hydroxylation is 1. The van der Waals surface area contributed by atoms with Gasteiger partial charge in [-0.15, -0.1) is 0 Å². The van der Waals surface area contributed by atoms with Crippen LogP contribution >= 0.6 is 11.8 Å². The quantitative estimate of drug-likeness (QED) is 0.923. The first-order valence-electron chi connectivity index (χ1n) is 7.14. The van der Waals surface area contributed by atoms with Crippen LogP contribution in [-0.4, -0.2) is 38.4 Å². The fraction of sp³-hybridized carbons (Fsp3) is 0.786. The van der Waals surface area contributed by atoms with Crippen LogP contribution in [0.3, 0.4) is 0 Å². The maximum absolute atomic E-state index is 10.7. The maximum atomic E-state index is 10.7. The molecule has 0 bridgehead atoms. The van der Waals surface area contributed by atoms with E-state index < -0.39 is 6.10 Å². The van der Waals surface area contributed by atoms with Crippen LogP contribution in [0.4, 0.5) is 0 Å². The summed E-state index contributed by atoms with van der Waals surface area (Å²) in [6, 6.07) is 0. The lowest BCUT2D eigenvalue weighted by Gasteiger charge is -2.39. The molecule has 3 unspecified atom stereocenters. The molecule has 19 heavy (non-hydrogen) atoms. The van der Waals surface area contributed by atoms with Crippen LogP contribution in [0.15, 0.2) is 12.5 Å². The second-order valence-corrected chi connectivity index (χ2v) is 6.74. The molecule has 1 N–H and O–H groups in total. The van der Waals surface area contributed by atoms with Gasteiger partial charge in [-0.05, 0) is 37.9 Å². The number of rotatable bonds is 3. The molecule has 0 aromatic carbocycles. The molecule has 3 rings (SSSR count). The number of ether oxygens (including phenoxy) is 1. The van der Waals surface area contributed by atoms with E-state index in [9.17, 15) is 5.11 Å². The Labute approximate surface area is 118 Å². The van der Waals surface area contributed by atoms with Crippen molar-refractivity contribution in [3.05, 3.63) is 18.2 Å². The summed E-state index contributed by atoms with van der Waals surface area (Å²) in [6.45, 7) is 3.72. The summed E-state index contributed by atoms with van der Waals surface area (Å²) in [5.74, 6) is 2.58. The van der Waals surface area contributed by atoms with E-state index in [1.165, 1.54) is 5.75 Å². The van der Waals surface area contributed by atoms with Crippen LogP contribution in [0, 0.1) is 5.92 Å². The van der Waals surface area contributed by atoms with Gasteiger partial charge in [0.1, 0.15) is 0 Å². The number of aromatic nitrogens is 2. The minimum absolute atomic E-state index is 0.0334. The van der Waals surface area contributed by atoms with Crippen molar-refractivity contribution in [3.8, 4) is 0 Å². The predicted octanol–water partition coefficient (Wildman–Crippen LogP) is 2.24. The summed E-state index contributed by atoms with van der Waals surface area (Å²) in [6.07, 6.45) is 6.26. The normalized spacial score (nSPS) is 32.8. The topological polar surface area (TPSA) is 47.3 Å². The van der Waals surface area contributed by atoms with Gasteiger partial charge in [0, 0.05) is 18.9 Å². The third kappa shape index (κ3) is 2.56.